The van der Waals surface area contributed by atoms with E-state index in [-0.39, 0.29) is 22.2 Å². The Balaban J connectivity index is 2.15. The van der Waals surface area contributed by atoms with Crippen LogP contribution in [0.4, 0.5) is 5.13 Å². The van der Waals surface area contributed by atoms with Gasteiger partial charge in [0.05, 0.1) is 17.2 Å². The molecule has 0 aliphatic rings. The van der Waals surface area contributed by atoms with E-state index in [1.165, 1.54) is 24.3 Å². The molecule has 128 valence electrons. The maximum Gasteiger partial charge on any atom is 0.350 e. The summed E-state index contributed by atoms with van der Waals surface area (Å²) >= 11 is 1.02. The molecule has 24 heavy (non-hydrogen) atoms. The number of nitrogens with zero attached hydrogens (tertiary/aromatic N) is 1. The van der Waals surface area contributed by atoms with E-state index in [1.807, 2.05) is 0 Å². The molecule has 0 unspecified atom stereocenters. The van der Waals surface area contributed by atoms with Crippen LogP contribution in [-0.4, -0.2) is 38.1 Å². The van der Waals surface area contributed by atoms with Crippen LogP contribution in [0.2, 0.25) is 0 Å². The van der Waals surface area contributed by atoms with Crippen molar-refractivity contribution in [2.24, 2.45) is 0 Å². The largest absolute Gasteiger partial charge is 0.462 e. The molecule has 1 aromatic heterocycles. The highest BCUT2D eigenvalue weighted by molar-refractivity contribution is 7.90. The third kappa shape index (κ3) is 4.18. The molecule has 0 saturated carbocycles. The third-order valence-corrected chi connectivity index (χ3v) is 5.20. The molecule has 7 nitrogen and oxygen atoms in total. The van der Waals surface area contributed by atoms with Gasteiger partial charge in [0.1, 0.15) is 4.88 Å². The zero-order valence-electron chi connectivity index (χ0n) is 13.3. The van der Waals surface area contributed by atoms with Crippen molar-refractivity contribution in [2.45, 2.75) is 18.7 Å². The Morgan fingerprint density at radius 3 is 2.42 bits per heavy atom. The summed E-state index contributed by atoms with van der Waals surface area (Å²) in [6, 6.07) is 5.56. The second kappa shape index (κ2) is 7.10. The van der Waals surface area contributed by atoms with E-state index in [4.69, 9.17) is 4.74 Å². The number of rotatable bonds is 5. The molecular formula is C15H16N2O5S2. The van der Waals surface area contributed by atoms with Crippen LogP contribution in [0, 0.1) is 6.92 Å². The number of nitrogens with one attached hydrogen (secondary N) is 1. The van der Waals surface area contributed by atoms with Crippen molar-refractivity contribution in [1.29, 1.82) is 0 Å². The van der Waals surface area contributed by atoms with Crippen LogP contribution in [0.1, 0.15) is 32.6 Å². The average Bonchev–Trinajstić information content (AvgIpc) is 2.87. The Morgan fingerprint density at radius 2 is 1.88 bits per heavy atom. The van der Waals surface area contributed by atoms with E-state index >= 15 is 0 Å². The highest BCUT2D eigenvalue weighted by Gasteiger charge is 2.18. The van der Waals surface area contributed by atoms with Crippen LogP contribution in [0.5, 0.6) is 0 Å². The average molecular weight is 368 g/mol. The number of aromatic nitrogens is 1. The van der Waals surface area contributed by atoms with Gasteiger partial charge in [0, 0.05) is 11.8 Å². The summed E-state index contributed by atoms with van der Waals surface area (Å²) < 4.78 is 27.7. The summed E-state index contributed by atoms with van der Waals surface area (Å²) in [5, 5.41) is 2.86. The number of aryl methyl sites for hydroxylation is 1. The number of esters is 1. The lowest BCUT2D eigenvalue weighted by molar-refractivity contribution is 0.0531. The van der Waals surface area contributed by atoms with Crippen molar-refractivity contribution in [1.82, 2.24) is 4.98 Å². The van der Waals surface area contributed by atoms with Gasteiger partial charge in [-0.1, -0.05) is 11.3 Å². The number of ether oxygens (including phenoxy) is 1. The lowest BCUT2D eigenvalue weighted by atomic mass is 10.2. The molecular weight excluding hydrogens is 352 g/mol. The number of thiazole rings is 1. The molecule has 0 spiro atoms. The molecule has 1 amide bonds. The van der Waals surface area contributed by atoms with Crippen molar-refractivity contribution >= 4 is 38.2 Å². The molecule has 1 aromatic carbocycles. The number of sulfone groups is 1. The number of carbonyl (C=O) groups excluding carboxylic acids is 2. The lowest BCUT2D eigenvalue weighted by Crippen LogP contribution is -2.12. The van der Waals surface area contributed by atoms with Crippen LogP contribution >= 0.6 is 11.3 Å². The standard InChI is InChI=1S/C15H16N2O5S2/c1-4-22-14(19)12-9(2)16-15(23-12)17-13(18)10-5-7-11(8-6-10)24(3,20)21/h5-8H,4H2,1-3H3,(H,16,17,18). The van der Waals surface area contributed by atoms with Crippen molar-refractivity contribution < 1.29 is 22.7 Å². The Bertz CT molecular complexity index is 870. The highest BCUT2D eigenvalue weighted by Crippen LogP contribution is 2.24. The lowest BCUT2D eigenvalue weighted by Gasteiger charge is -2.03. The minimum absolute atomic E-state index is 0.133. The predicted octanol–water partition coefficient (Wildman–Crippen LogP) is 2.28. The summed E-state index contributed by atoms with van der Waals surface area (Å²) in [6.07, 6.45) is 1.09. The number of amides is 1. The number of benzene rings is 1. The normalized spacial score (nSPS) is 11.1. The van der Waals surface area contributed by atoms with E-state index in [9.17, 15) is 18.0 Å². The highest BCUT2D eigenvalue weighted by atomic mass is 32.2. The van der Waals surface area contributed by atoms with E-state index in [0.29, 0.717) is 10.6 Å². The van der Waals surface area contributed by atoms with E-state index in [1.54, 1.807) is 13.8 Å². The Morgan fingerprint density at radius 1 is 1.25 bits per heavy atom. The molecule has 0 radical (unpaired) electrons. The minimum atomic E-state index is -3.31. The molecule has 0 saturated heterocycles. The minimum Gasteiger partial charge on any atom is -0.462 e. The number of anilines is 1. The van der Waals surface area contributed by atoms with Gasteiger partial charge >= 0.3 is 5.97 Å². The van der Waals surface area contributed by atoms with Crippen LogP contribution < -0.4 is 5.32 Å². The summed E-state index contributed by atoms with van der Waals surface area (Å²) in [5.41, 5.74) is 0.758. The molecule has 0 atom stereocenters. The van der Waals surface area contributed by atoms with Gasteiger partial charge in [-0.25, -0.2) is 18.2 Å². The Labute approximate surface area is 143 Å². The first-order chi connectivity index (χ1) is 11.2. The fraction of sp³-hybridized carbons (Fsp3) is 0.267. The van der Waals surface area contributed by atoms with Gasteiger partial charge in [-0.3, -0.25) is 10.1 Å². The van der Waals surface area contributed by atoms with E-state index in [2.05, 4.69) is 10.3 Å². The molecule has 9 heteroatoms. The molecule has 0 aliphatic heterocycles. The first-order valence-electron chi connectivity index (χ1n) is 6.98. The SMILES string of the molecule is CCOC(=O)c1sc(NC(=O)c2ccc(S(C)(=O)=O)cc2)nc1C. The fourth-order valence-electron chi connectivity index (χ4n) is 1.86. The van der Waals surface area contributed by atoms with Crippen LogP contribution in [0.25, 0.3) is 0 Å². The van der Waals surface area contributed by atoms with E-state index < -0.39 is 21.7 Å². The third-order valence-electron chi connectivity index (χ3n) is 3.02. The van der Waals surface area contributed by atoms with Crippen molar-refractivity contribution in [3.05, 3.63) is 40.4 Å². The Kier molecular flexibility index (Phi) is 5.35. The number of hydrogen-bond donors (Lipinski definition) is 1. The van der Waals surface area contributed by atoms with Crippen LogP contribution in [0.3, 0.4) is 0 Å². The van der Waals surface area contributed by atoms with Crippen molar-refractivity contribution in [2.75, 3.05) is 18.2 Å². The van der Waals surface area contributed by atoms with Crippen LogP contribution in [-0.2, 0) is 14.6 Å². The summed E-state index contributed by atoms with van der Waals surface area (Å²) in [7, 11) is -3.31. The van der Waals surface area contributed by atoms with Crippen molar-refractivity contribution in [3.8, 4) is 0 Å². The first kappa shape index (κ1) is 18.1. The first-order valence-corrected chi connectivity index (χ1v) is 9.69. The predicted molar refractivity (Wildman–Crippen MR) is 90.3 cm³/mol. The fourth-order valence-corrected chi connectivity index (χ4v) is 3.34. The maximum absolute atomic E-state index is 12.2. The van der Waals surface area contributed by atoms with Gasteiger partial charge in [0.2, 0.25) is 0 Å². The van der Waals surface area contributed by atoms with Gasteiger partial charge in [0.15, 0.2) is 15.0 Å². The molecule has 1 heterocycles. The molecule has 0 bridgehead atoms. The van der Waals surface area contributed by atoms with E-state index in [0.717, 1.165) is 17.6 Å². The van der Waals surface area contributed by atoms with Gasteiger partial charge in [-0.05, 0) is 38.1 Å². The quantitative estimate of drug-likeness (QED) is 0.812. The second-order valence-corrected chi connectivity index (χ2v) is 7.92. The smallest absolute Gasteiger partial charge is 0.350 e. The van der Waals surface area contributed by atoms with Gasteiger partial charge in [-0.15, -0.1) is 0 Å². The topological polar surface area (TPSA) is 102 Å². The maximum atomic E-state index is 12.2. The van der Waals surface area contributed by atoms with Crippen molar-refractivity contribution in [3.63, 3.8) is 0 Å². The molecule has 1 N–H and O–H groups in total. The van der Waals surface area contributed by atoms with Crippen LogP contribution in [0.15, 0.2) is 29.2 Å². The molecule has 0 fully saturated rings. The zero-order chi connectivity index (χ0) is 17.9. The number of hydrogen-bond acceptors (Lipinski definition) is 7. The number of carbonyl (C=O) groups is 2. The summed E-state index contributed by atoms with van der Waals surface area (Å²) in [5.74, 6) is -0.926. The monoisotopic (exact) mass is 368 g/mol. The van der Waals surface area contributed by atoms with Gasteiger partial charge in [0.25, 0.3) is 5.91 Å². The zero-order valence-corrected chi connectivity index (χ0v) is 15.0. The summed E-state index contributed by atoms with van der Waals surface area (Å²) in [4.78, 5) is 28.5. The molecule has 2 aromatic rings. The molecule has 2 rings (SSSR count). The Hall–Kier alpha value is -2.26. The summed E-state index contributed by atoms with van der Waals surface area (Å²) in [6.45, 7) is 3.61. The molecule has 0 aliphatic carbocycles. The second-order valence-electron chi connectivity index (χ2n) is 4.90. The van der Waals surface area contributed by atoms with Gasteiger partial charge < -0.3 is 4.74 Å². The van der Waals surface area contributed by atoms with Gasteiger partial charge in [-0.2, -0.15) is 0 Å².